The first-order chi connectivity index (χ1) is 8.22. The van der Waals surface area contributed by atoms with Crippen molar-refractivity contribution in [2.45, 2.75) is 33.2 Å². The molecule has 1 amide bonds. The standard InChI is InChI=1S/C13H24N2O3/c1-9(2)13(12(17)18)6-7-15(8-13)10(3)11(16)14(4)5/h9-10H,6-8H2,1-5H3,(H,17,18). The summed E-state index contributed by atoms with van der Waals surface area (Å²) in [4.78, 5) is 27.0. The molecule has 1 aliphatic rings. The van der Waals surface area contributed by atoms with E-state index in [1.54, 1.807) is 19.0 Å². The van der Waals surface area contributed by atoms with Gasteiger partial charge in [-0.25, -0.2) is 0 Å². The Morgan fingerprint density at radius 3 is 2.17 bits per heavy atom. The summed E-state index contributed by atoms with van der Waals surface area (Å²) in [5, 5.41) is 9.46. The highest BCUT2D eigenvalue weighted by Gasteiger charge is 2.48. The predicted octanol–water partition coefficient (Wildman–Crippen LogP) is 0.896. The fraction of sp³-hybridized carbons (Fsp3) is 0.846. The van der Waals surface area contributed by atoms with Crippen LogP contribution in [0.25, 0.3) is 0 Å². The molecule has 0 bridgehead atoms. The van der Waals surface area contributed by atoms with E-state index < -0.39 is 11.4 Å². The van der Waals surface area contributed by atoms with Crippen LogP contribution in [0.2, 0.25) is 0 Å². The van der Waals surface area contributed by atoms with Gasteiger partial charge in [0.25, 0.3) is 0 Å². The summed E-state index contributed by atoms with van der Waals surface area (Å²) in [6, 6.07) is -0.250. The van der Waals surface area contributed by atoms with E-state index in [4.69, 9.17) is 0 Å². The van der Waals surface area contributed by atoms with Crippen molar-refractivity contribution in [1.29, 1.82) is 0 Å². The number of aliphatic carboxylic acids is 1. The lowest BCUT2D eigenvalue weighted by Gasteiger charge is -2.31. The highest BCUT2D eigenvalue weighted by atomic mass is 16.4. The molecule has 2 atom stereocenters. The zero-order valence-electron chi connectivity index (χ0n) is 11.9. The average Bonchev–Trinajstić information content (AvgIpc) is 2.72. The van der Waals surface area contributed by atoms with Crippen molar-refractivity contribution >= 4 is 11.9 Å². The maximum Gasteiger partial charge on any atom is 0.311 e. The van der Waals surface area contributed by atoms with Gasteiger partial charge in [0.15, 0.2) is 0 Å². The molecule has 1 saturated heterocycles. The number of nitrogens with zero attached hydrogens (tertiary/aromatic N) is 2. The third-order valence-corrected chi connectivity index (χ3v) is 4.21. The third-order valence-electron chi connectivity index (χ3n) is 4.21. The van der Waals surface area contributed by atoms with E-state index in [1.165, 1.54) is 0 Å². The van der Waals surface area contributed by atoms with E-state index in [0.717, 1.165) is 0 Å². The van der Waals surface area contributed by atoms with Crippen molar-refractivity contribution in [1.82, 2.24) is 9.80 Å². The van der Waals surface area contributed by atoms with Crippen LogP contribution in [0.5, 0.6) is 0 Å². The van der Waals surface area contributed by atoms with Crippen molar-refractivity contribution in [3.05, 3.63) is 0 Å². The van der Waals surface area contributed by atoms with Gasteiger partial charge in [-0.05, 0) is 19.3 Å². The smallest absolute Gasteiger partial charge is 0.311 e. The lowest BCUT2D eigenvalue weighted by atomic mass is 9.76. The van der Waals surface area contributed by atoms with E-state index in [1.807, 2.05) is 25.7 Å². The first-order valence-electron chi connectivity index (χ1n) is 6.41. The highest BCUT2D eigenvalue weighted by molar-refractivity contribution is 5.81. The minimum atomic E-state index is -0.746. The number of carboxylic acid groups (broad SMARTS) is 1. The molecule has 104 valence electrons. The number of carbonyl (C=O) groups excluding carboxylic acids is 1. The van der Waals surface area contributed by atoms with Gasteiger partial charge >= 0.3 is 5.97 Å². The van der Waals surface area contributed by atoms with E-state index in [-0.39, 0.29) is 17.9 Å². The molecule has 0 aliphatic carbocycles. The highest BCUT2D eigenvalue weighted by Crippen LogP contribution is 2.38. The molecule has 5 heteroatoms. The lowest BCUT2D eigenvalue weighted by molar-refractivity contribution is -0.151. The molecule has 0 spiro atoms. The minimum absolute atomic E-state index is 0.0277. The monoisotopic (exact) mass is 256 g/mol. The van der Waals surface area contributed by atoms with Crippen molar-refractivity contribution in [3.8, 4) is 0 Å². The Labute approximate surface area is 109 Å². The second-order valence-electron chi connectivity index (χ2n) is 5.75. The molecule has 1 fully saturated rings. The van der Waals surface area contributed by atoms with Crippen molar-refractivity contribution < 1.29 is 14.7 Å². The summed E-state index contributed by atoms with van der Waals surface area (Å²) in [6.07, 6.45) is 0.616. The average molecular weight is 256 g/mol. The molecule has 1 N–H and O–H groups in total. The van der Waals surface area contributed by atoms with Crippen LogP contribution >= 0.6 is 0 Å². The van der Waals surface area contributed by atoms with Crippen molar-refractivity contribution in [2.75, 3.05) is 27.2 Å². The zero-order valence-corrected chi connectivity index (χ0v) is 11.9. The molecule has 1 heterocycles. The topological polar surface area (TPSA) is 60.9 Å². The van der Waals surface area contributed by atoms with E-state index in [9.17, 15) is 14.7 Å². The molecule has 0 aromatic carbocycles. The first-order valence-corrected chi connectivity index (χ1v) is 6.41. The SMILES string of the molecule is CC(C(=O)N(C)C)N1CCC(C(=O)O)(C(C)C)C1. The lowest BCUT2D eigenvalue weighted by Crippen LogP contribution is -2.46. The van der Waals surface area contributed by atoms with Crippen molar-refractivity contribution in [3.63, 3.8) is 0 Å². The zero-order chi connectivity index (χ0) is 14.1. The van der Waals surface area contributed by atoms with Gasteiger partial charge in [0, 0.05) is 27.2 Å². The summed E-state index contributed by atoms with van der Waals surface area (Å²) in [6.45, 7) is 6.86. The maximum absolute atomic E-state index is 11.9. The molecular formula is C13H24N2O3. The van der Waals surface area contributed by atoms with Crippen LogP contribution < -0.4 is 0 Å². The molecule has 1 aliphatic heterocycles. The Morgan fingerprint density at radius 1 is 1.28 bits per heavy atom. The molecule has 18 heavy (non-hydrogen) atoms. The molecule has 5 nitrogen and oxygen atoms in total. The van der Waals surface area contributed by atoms with Crippen LogP contribution in [0, 0.1) is 11.3 Å². The minimum Gasteiger partial charge on any atom is -0.481 e. The molecule has 2 unspecified atom stereocenters. The van der Waals surface area contributed by atoms with Crippen LogP contribution in [-0.2, 0) is 9.59 Å². The van der Waals surface area contributed by atoms with Gasteiger partial charge in [-0.3, -0.25) is 14.5 Å². The second kappa shape index (κ2) is 5.26. The Morgan fingerprint density at radius 2 is 1.83 bits per heavy atom. The summed E-state index contributed by atoms with van der Waals surface area (Å²) in [5.74, 6) is -0.647. The van der Waals surface area contributed by atoms with Gasteiger partial charge in [-0.15, -0.1) is 0 Å². The van der Waals surface area contributed by atoms with Crippen molar-refractivity contribution in [2.24, 2.45) is 11.3 Å². The number of amides is 1. The van der Waals surface area contributed by atoms with E-state index in [2.05, 4.69) is 0 Å². The van der Waals surface area contributed by atoms with Gasteiger partial charge in [-0.2, -0.15) is 0 Å². The number of carboxylic acids is 1. The second-order valence-corrected chi connectivity index (χ2v) is 5.75. The summed E-state index contributed by atoms with van der Waals surface area (Å²) in [7, 11) is 3.45. The molecule has 0 aromatic rings. The molecular weight excluding hydrogens is 232 g/mol. The van der Waals surface area contributed by atoms with Crippen LogP contribution in [0.4, 0.5) is 0 Å². The van der Waals surface area contributed by atoms with Gasteiger partial charge < -0.3 is 10.0 Å². The fourth-order valence-corrected chi connectivity index (χ4v) is 2.62. The number of hydrogen-bond donors (Lipinski definition) is 1. The molecule has 1 rings (SSSR count). The third kappa shape index (κ3) is 2.51. The Balaban J connectivity index is 2.82. The maximum atomic E-state index is 11.9. The van der Waals surface area contributed by atoms with Gasteiger partial charge in [-0.1, -0.05) is 13.8 Å². The van der Waals surface area contributed by atoms with E-state index in [0.29, 0.717) is 19.5 Å². The number of carbonyl (C=O) groups is 2. The van der Waals surface area contributed by atoms with Crippen LogP contribution in [0.3, 0.4) is 0 Å². The Hall–Kier alpha value is -1.10. The Bertz CT molecular complexity index is 341. The summed E-state index contributed by atoms with van der Waals surface area (Å²) < 4.78 is 0. The summed E-state index contributed by atoms with van der Waals surface area (Å²) >= 11 is 0. The largest absolute Gasteiger partial charge is 0.481 e. The van der Waals surface area contributed by atoms with Gasteiger partial charge in [0.2, 0.25) is 5.91 Å². The predicted molar refractivity (Wildman–Crippen MR) is 69.3 cm³/mol. The van der Waals surface area contributed by atoms with Crippen LogP contribution in [0.15, 0.2) is 0 Å². The van der Waals surface area contributed by atoms with Gasteiger partial charge in [0.1, 0.15) is 0 Å². The van der Waals surface area contributed by atoms with Crippen LogP contribution in [-0.4, -0.2) is 60.0 Å². The first kappa shape index (κ1) is 15.0. The normalized spacial score (nSPS) is 26.3. The summed E-state index contributed by atoms with van der Waals surface area (Å²) in [5.41, 5.74) is -0.707. The van der Waals surface area contributed by atoms with E-state index >= 15 is 0 Å². The molecule has 0 aromatic heterocycles. The number of likely N-dealkylation sites (N-methyl/N-ethyl adjacent to an activating group) is 1. The molecule has 0 saturated carbocycles. The van der Waals surface area contributed by atoms with Crippen LogP contribution in [0.1, 0.15) is 27.2 Å². The fourth-order valence-electron chi connectivity index (χ4n) is 2.62. The number of rotatable bonds is 4. The number of hydrogen-bond acceptors (Lipinski definition) is 3. The number of likely N-dealkylation sites (tertiary alicyclic amines) is 1. The van der Waals surface area contributed by atoms with Gasteiger partial charge in [0.05, 0.1) is 11.5 Å². The quantitative estimate of drug-likeness (QED) is 0.811. The Kier molecular flexibility index (Phi) is 4.37. The molecule has 0 radical (unpaired) electrons.